The van der Waals surface area contributed by atoms with Gasteiger partial charge in [-0.3, -0.25) is 14.4 Å². The lowest BCUT2D eigenvalue weighted by molar-refractivity contribution is -0.121. The number of aryl methyl sites for hydroxylation is 1. The van der Waals surface area contributed by atoms with Crippen LogP contribution in [0.25, 0.3) is 0 Å². The summed E-state index contributed by atoms with van der Waals surface area (Å²) >= 11 is 0. The molecule has 2 aromatic rings. The van der Waals surface area contributed by atoms with Crippen molar-refractivity contribution >= 4 is 11.6 Å². The fourth-order valence-corrected chi connectivity index (χ4v) is 2.96. The van der Waals surface area contributed by atoms with Crippen LogP contribution < -0.4 is 5.32 Å². The summed E-state index contributed by atoms with van der Waals surface area (Å²) in [6.07, 6.45) is 5.22. The summed E-state index contributed by atoms with van der Waals surface area (Å²) < 4.78 is 7.04. The fraction of sp³-hybridized carbons (Fsp3) is 0.647. The van der Waals surface area contributed by atoms with Gasteiger partial charge in [0.2, 0.25) is 11.8 Å². The number of nitrogens with zero attached hydrogens (tertiary/aromatic N) is 5. The molecule has 136 valence electrons. The first-order valence-electron chi connectivity index (χ1n) is 8.93. The highest BCUT2D eigenvalue weighted by molar-refractivity contribution is 5.92. The molecule has 1 saturated heterocycles. The molecule has 0 aliphatic carbocycles. The third kappa shape index (κ3) is 4.45. The van der Waals surface area contributed by atoms with Gasteiger partial charge in [-0.15, -0.1) is 0 Å². The lowest BCUT2D eigenvalue weighted by Crippen LogP contribution is -2.38. The van der Waals surface area contributed by atoms with Crippen LogP contribution in [0.2, 0.25) is 0 Å². The fourth-order valence-electron chi connectivity index (χ4n) is 2.96. The van der Waals surface area contributed by atoms with E-state index in [0.717, 1.165) is 44.0 Å². The Hall–Kier alpha value is -2.22. The molecule has 1 fully saturated rings. The summed E-state index contributed by atoms with van der Waals surface area (Å²) in [7, 11) is 0. The maximum atomic E-state index is 12.4. The van der Waals surface area contributed by atoms with Crippen molar-refractivity contribution < 1.29 is 9.32 Å². The van der Waals surface area contributed by atoms with Crippen molar-refractivity contribution in [2.24, 2.45) is 5.92 Å². The van der Waals surface area contributed by atoms with Crippen LogP contribution in [0, 0.1) is 5.92 Å². The molecule has 0 radical (unpaired) electrons. The zero-order valence-electron chi connectivity index (χ0n) is 15.1. The van der Waals surface area contributed by atoms with Crippen LogP contribution in [0.15, 0.2) is 16.9 Å². The number of carbonyl (C=O) groups is 1. The molecule has 1 aliphatic heterocycles. The summed E-state index contributed by atoms with van der Waals surface area (Å²) in [5.74, 6) is 1.76. The van der Waals surface area contributed by atoms with E-state index in [-0.39, 0.29) is 17.7 Å². The Morgan fingerprint density at radius 1 is 1.40 bits per heavy atom. The quantitative estimate of drug-likeness (QED) is 0.863. The molecule has 0 aromatic carbocycles. The van der Waals surface area contributed by atoms with Crippen molar-refractivity contribution in [3.8, 4) is 0 Å². The van der Waals surface area contributed by atoms with Crippen molar-refractivity contribution in [3.63, 3.8) is 0 Å². The van der Waals surface area contributed by atoms with Crippen molar-refractivity contribution in [3.05, 3.63) is 24.1 Å². The predicted octanol–water partition coefficient (Wildman–Crippen LogP) is 2.26. The molecule has 1 N–H and O–H groups in total. The molecule has 25 heavy (non-hydrogen) atoms. The number of hydrogen-bond donors (Lipinski definition) is 1. The minimum Gasteiger partial charge on any atom is -0.339 e. The van der Waals surface area contributed by atoms with E-state index in [1.54, 1.807) is 10.9 Å². The van der Waals surface area contributed by atoms with Gasteiger partial charge < -0.3 is 9.84 Å². The lowest BCUT2D eigenvalue weighted by atomic mass is 9.96. The van der Waals surface area contributed by atoms with E-state index in [9.17, 15) is 4.79 Å². The maximum absolute atomic E-state index is 12.4. The zero-order valence-corrected chi connectivity index (χ0v) is 15.1. The molecule has 0 atom stereocenters. The summed E-state index contributed by atoms with van der Waals surface area (Å²) in [4.78, 5) is 19.1. The van der Waals surface area contributed by atoms with Crippen LogP contribution in [-0.2, 0) is 17.9 Å². The Balaban J connectivity index is 1.46. The van der Waals surface area contributed by atoms with Gasteiger partial charge in [0.25, 0.3) is 0 Å². The third-order valence-corrected chi connectivity index (χ3v) is 4.53. The number of carbonyl (C=O) groups excluding carboxylic acids is 1. The van der Waals surface area contributed by atoms with Crippen LogP contribution >= 0.6 is 0 Å². The van der Waals surface area contributed by atoms with Gasteiger partial charge in [0, 0.05) is 24.6 Å². The Bertz CT molecular complexity index is 700. The highest BCUT2D eigenvalue weighted by atomic mass is 16.5. The number of nitrogens with one attached hydrogen (secondary N) is 1. The van der Waals surface area contributed by atoms with Gasteiger partial charge in [0.1, 0.15) is 0 Å². The second-order valence-corrected chi connectivity index (χ2v) is 6.83. The second kappa shape index (κ2) is 7.77. The van der Waals surface area contributed by atoms with E-state index >= 15 is 0 Å². The number of piperidine rings is 1. The van der Waals surface area contributed by atoms with Crippen LogP contribution in [0.5, 0.6) is 0 Å². The summed E-state index contributed by atoms with van der Waals surface area (Å²) in [5, 5.41) is 11.2. The molecular formula is C17H26N6O2. The standard InChI is InChI=1S/C17H26N6O2/c1-4-23-10-14(9-18-23)19-16(24)13-5-7-22(8-6-13)11-15-20-17(12(2)3)25-21-15/h9-10,12-13H,4-8,11H2,1-3H3,(H,19,24). The molecule has 3 rings (SSSR count). The molecule has 8 nitrogen and oxygen atoms in total. The summed E-state index contributed by atoms with van der Waals surface area (Å²) in [6.45, 7) is 9.27. The smallest absolute Gasteiger partial charge is 0.229 e. The highest BCUT2D eigenvalue weighted by Gasteiger charge is 2.26. The summed E-state index contributed by atoms with van der Waals surface area (Å²) in [6, 6.07) is 0. The van der Waals surface area contributed by atoms with Crippen LogP contribution in [0.1, 0.15) is 51.2 Å². The maximum Gasteiger partial charge on any atom is 0.229 e. The Morgan fingerprint density at radius 2 is 2.16 bits per heavy atom. The topological polar surface area (TPSA) is 89.1 Å². The molecule has 0 bridgehead atoms. The first-order valence-corrected chi connectivity index (χ1v) is 8.93. The van der Waals surface area contributed by atoms with Gasteiger partial charge in [0.15, 0.2) is 5.82 Å². The summed E-state index contributed by atoms with van der Waals surface area (Å²) in [5.41, 5.74) is 0.766. The highest BCUT2D eigenvalue weighted by Crippen LogP contribution is 2.21. The van der Waals surface area contributed by atoms with Crippen molar-refractivity contribution in [1.29, 1.82) is 0 Å². The Kier molecular flexibility index (Phi) is 5.47. The number of aromatic nitrogens is 4. The first kappa shape index (κ1) is 17.6. The predicted molar refractivity (Wildman–Crippen MR) is 92.9 cm³/mol. The minimum atomic E-state index is 0.0396. The Labute approximate surface area is 147 Å². The monoisotopic (exact) mass is 346 g/mol. The minimum absolute atomic E-state index is 0.0396. The molecule has 0 spiro atoms. The van der Waals surface area contributed by atoms with Crippen LogP contribution in [-0.4, -0.2) is 43.8 Å². The largest absolute Gasteiger partial charge is 0.339 e. The van der Waals surface area contributed by atoms with Gasteiger partial charge in [-0.2, -0.15) is 10.1 Å². The SMILES string of the molecule is CCn1cc(NC(=O)C2CCN(Cc3noc(C(C)C)n3)CC2)cn1. The lowest BCUT2D eigenvalue weighted by Gasteiger charge is -2.30. The number of anilines is 1. The average Bonchev–Trinajstić information content (AvgIpc) is 3.25. The van der Waals surface area contributed by atoms with Gasteiger partial charge in [-0.25, -0.2) is 0 Å². The molecular weight excluding hydrogens is 320 g/mol. The van der Waals surface area contributed by atoms with E-state index < -0.39 is 0 Å². The van der Waals surface area contributed by atoms with E-state index in [0.29, 0.717) is 12.4 Å². The molecule has 1 aliphatic rings. The van der Waals surface area contributed by atoms with Crippen molar-refractivity contribution in [2.45, 2.75) is 52.6 Å². The van der Waals surface area contributed by atoms with Gasteiger partial charge >= 0.3 is 0 Å². The van der Waals surface area contributed by atoms with E-state index in [1.807, 2.05) is 27.0 Å². The number of rotatable bonds is 6. The number of amides is 1. The van der Waals surface area contributed by atoms with Crippen LogP contribution in [0.4, 0.5) is 5.69 Å². The van der Waals surface area contributed by atoms with E-state index in [2.05, 4.69) is 25.5 Å². The third-order valence-electron chi connectivity index (χ3n) is 4.53. The van der Waals surface area contributed by atoms with Crippen molar-refractivity contribution in [1.82, 2.24) is 24.8 Å². The molecule has 8 heteroatoms. The molecule has 2 aromatic heterocycles. The average molecular weight is 346 g/mol. The van der Waals surface area contributed by atoms with Gasteiger partial charge in [-0.1, -0.05) is 19.0 Å². The molecule has 3 heterocycles. The second-order valence-electron chi connectivity index (χ2n) is 6.83. The van der Waals surface area contributed by atoms with E-state index in [1.165, 1.54) is 0 Å². The zero-order chi connectivity index (χ0) is 17.8. The first-order chi connectivity index (χ1) is 12.0. The normalized spacial score (nSPS) is 16.5. The molecule has 0 unspecified atom stereocenters. The van der Waals surface area contributed by atoms with E-state index in [4.69, 9.17) is 4.52 Å². The molecule has 1 amide bonds. The number of hydrogen-bond acceptors (Lipinski definition) is 6. The molecule has 0 saturated carbocycles. The van der Waals surface area contributed by atoms with Gasteiger partial charge in [0.05, 0.1) is 18.4 Å². The Morgan fingerprint density at radius 3 is 2.76 bits per heavy atom. The van der Waals surface area contributed by atoms with Crippen molar-refractivity contribution in [2.75, 3.05) is 18.4 Å². The number of likely N-dealkylation sites (tertiary alicyclic amines) is 1. The van der Waals surface area contributed by atoms with Gasteiger partial charge in [-0.05, 0) is 32.9 Å². The van der Waals surface area contributed by atoms with Crippen LogP contribution in [0.3, 0.4) is 0 Å².